The van der Waals surface area contributed by atoms with Crippen molar-refractivity contribution in [2.75, 3.05) is 6.61 Å². The number of aromatic nitrogens is 1. The van der Waals surface area contributed by atoms with Crippen LogP contribution in [0, 0.1) is 0 Å². The van der Waals surface area contributed by atoms with Crippen LogP contribution in [-0.2, 0) is 0 Å². The van der Waals surface area contributed by atoms with Crippen molar-refractivity contribution in [3.05, 3.63) is 24.4 Å². The Labute approximate surface area is 65.7 Å². The van der Waals surface area contributed by atoms with Crippen molar-refractivity contribution in [1.82, 2.24) is 4.98 Å². The molecule has 1 aromatic rings. The van der Waals surface area contributed by atoms with Gasteiger partial charge in [0, 0.05) is 12.3 Å². The molecule has 0 fully saturated rings. The molecule has 3 nitrogen and oxygen atoms in total. The van der Waals surface area contributed by atoms with E-state index in [1.54, 1.807) is 19.2 Å². The fourth-order valence-corrected chi connectivity index (χ4v) is 0.638. The topological polar surface area (TPSA) is 42.4 Å². The average molecular weight is 153 g/mol. The normalized spacial score (nSPS) is 12.5. The Hall–Kier alpha value is -1.09. The lowest BCUT2D eigenvalue weighted by Crippen LogP contribution is -2.13. The van der Waals surface area contributed by atoms with E-state index in [0.717, 1.165) is 0 Å². The summed E-state index contributed by atoms with van der Waals surface area (Å²) in [6.07, 6.45) is 1.20. The van der Waals surface area contributed by atoms with Gasteiger partial charge in [-0.05, 0) is 13.0 Å². The molecule has 0 unspecified atom stereocenters. The van der Waals surface area contributed by atoms with Gasteiger partial charge in [0.1, 0.15) is 6.61 Å². The molecule has 0 bridgehead atoms. The molecule has 0 spiro atoms. The minimum Gasteiger partial charge on any atom is -0.475 e. The number of hydrogen-bond acceptors (Lipinski definition) is 3. The van der Waals surface area contributed by atoms with Gasteiger partial charge in [0.25, 0.3) is 0 Å². The SMILES string of the molecule is C[C@H](O)COc1ccccn1. The average Bonchev–Trinajstić information content (AvgIpc) is 2.03. The molecule has 1 N–H and O–H groups in total. The number of pyridine rings is 1. The van der Waals surface area contributed by atoms with E-state index in [4.69, 9.17) is 9.84 Å². The molecule has 3 heteroatoms. The maximum Gasteiger partial charge on any atom is 0.213 e. The molecule has 1 heterocycles. The molecule has 0 radical (unpaired) electrons. The zero-order valence-electron chi connectivity index (χ0n) is 6.40. The van der Waals surface area contributed by atoms with Gasteiger partial charge in [-0.2, -0.15) is 0 Å². The maximum atomic E-state index is 8.86. The lowest BCUT2D eigenvalue weighted by Gasteiger charge is -2.05. The first-order chi connectivity index (χ1) is 5.29. The van der Waals surface area contributed by atoms with Crippen LogP contribution in [0.3, 0.4) is 0 Å². The largest absolute Gasteiger partial charge is 0.475 e. The van der Waals surface area contributed by atoms with Crippen LogP contribution in [0.5, 0.6) is 5.88 Å². The van der Waals surface area contributed by atoms with Gasteiger partial charge in [0.2, 0.25) is 5.88 Å². The Kier molecular flexibility index (Phi) is 2.86. The van der Waals surface area contributed by atoms with Crippen LogP contribution in [0.1, 0.15) is 6.92 Å². The zero-order chi connectivity index (χ0) is 8.10. The summed E-state index contributed by atoms with van der Waals surface area (Å²) >= 11 is 0. The number of nitrogens with zero attached hydrogens (tertiary/aromatic N) is 1. The van der Waals surface area contributed by atoms with Crippen molar-refractivity contribution < 1.29 is 9.84 Å². The minimum absolute atomic E-state index is 0.289. The number of aliphatic hydroxyl groups excluding tert-OH is 1. The van der Waals surface area contributed by atoms with Crippen LogP contribution in [0.4, 0.5) is 0 Å². The molecule has 60 valence electrons. The number of rotatable bonds is 3. The fraction of sp³-hybridized carbons (Fsp3) is 0.375. The second kappa shape index (κ2) is 3.93. The predicted molar refractivity (Wildman–Crippen MR) is 41.4 cm³/mol. The van der Waals surface area contributed by atoms with Crippen molar-refractivity contribution in [1.29, 1.82) is 0 Å². The van der Waals surface area contributed by atoms with Crippen LogP contribution in [0.2, 0.25) is 0 Å². The van der Waals surface area contributed by atoms with E-state index in [1.807, 2.05) is 12.1 Å². The van der Waals surface area contributed by atoms with E-state index < -0.39 is 6.10 Å². The molecule has 1 aromatic heterocycles. The highest BCUT2D eigenvalue weighted by molar-refractivity contribution is 5.08. The third kappa shape index (κ3) is 3.00. The van der Waals surface area contributed by atoms with E-state index in [9.17, 15) is 0 Å². The summed E-state index contributed by atoms with van der Waals surface area (Å²) in [5, 5.41) is 8.86. The summed E-state index contributed by atoms with van der Waals surface area (Å²) < 4.78 is 5.11. The Morgan fingerprint density at radius 2 is 2.45 bits per heavy atom. The quantitative estimate of drug-likeness (QED) is 0.699. The Balaban J connectivity index is 2.39. The maximum absolute atomic E-state index is 8.86. The summed E-state index contributed by atoms with van der Waals surface area (Å²) in [6, 6.07) is 5.40. The third-order valence-electron chi connectivity index (χ3n) is 1.11. The first kappa shape index (κ1) is 8.01. The molecule has 0 amide bonds. The highest BCUT2D eigenvalue weighted by atomic mass is 16.5. The predicted octanol–water partition coefficient (Wildman–Crippen LogP) is 0.841. The third-order valence-corrected chi connectivity index (χ3v) is 1.11. The molecular formula is C8H11NO2. The second-order valence-corrected chi connectivity index (χ2v) is 2.33. The van der Waals surface area contributed by atoms with Gasteiger partial charge in [-0.1, -0.05) is 6.07 Å². The Bertz CT molecular complexity index is 199. The lowest BCUT2D eigenvalue weighted by molar-refractivity contribution is 0.120. The molecule has 0 saturated heterocycles. The molecule has 1 atom stereocenters. The van der Waals surface area contributed by atoms with Gasteiger partial charge >= 0.3 is 0 Å². The zero-order valence-corrected chi connectivity index (χ0v) is 6.40. The van der Waals surface area contributed by atoms with E-state index in [0.29, 0.717) is 5.88 Å². The highest BCUT2D eigenvalue weighted by Gasteiger charge is 1.96. The van der Waals surface area contributed by atoms with Crippen LogP contribution >= 0.6 is 0 Å². The fourth-order valence-electron chi connectivity index (χ4n) is 0.638. The standard InChI is InChI=1S/C8H11NO2/c1-7(10)6-11-8-4-2-3-5-9-8/h2-5,7,10H,6H2,1H3/t7-/m0/s1. The monoisotopic (exact) mass is 153 g/mol. The van der Waals surface area contributed by atoms with Gasteiger partial charge in [0.15, 0.2) is 0 Å². The summed E-state index contributed by atoms with van der Waals surface area (Å²) in [5.74, 6) is 0.549. The van der Waals surface area contributed by atoms with Crippen LogP contribution < -0.4 is 4.74 Å². The number of aliphatic hydroxyl groups is 1. The smallest absolute Gasteiger partial charge is 0.213 e. The van der Waals surface area contributed by atoms with Crippen LogP contribution in [0.25, 0.3) is 0 Å². The van der Waals surface area contributed by atoms with Crippen molar-refractivity contribution in [3.8, 4) is 5.88 Å². The van der Waals surface area contributed by atoms with E-state index in [2.05, 4.69) is 4.98 Å². The first-order valence-electron chi connectivity index (χ1n) is 3.51. The molecule has 1 rings (SSSR count). The van der Waals surface area contributed by atoms with Crippen LogP contribution in [0.15, 0.2) is 24.4 Å². The van der Waals surface area contributed by atoms with Crippen molar-refractivity contribution in [2.45, 2.75) is 13.0 Å². The number of hydrogen-bond donors (Lipinski definition) is 1. The molecule has 0 aliphatic rings. The lowest BCUT2D eigenvalue weighted by atomic mass is 10.4. The van der Waals surface area contributed by atoms with E-state index in [1.165, 1.54) is 0 Å². The number of ether oxygens (including phenoxy) is 1. The van der Waals surface area contributed by atoms with Gasteiger partial charge < -0.3 is 9.84 Å². The second-order valence-electron chi connectivity index (χ2n) is 2.33. The Morgan fingerprint density at radius 3 is 3.00 bits per heavy atom. The summed E-state index contributed by atoms with van der Waals surface area (Å²) in [5.41, 5.74) is 0. The molecule has 0 aliphatic heterocycles. The summed E-state index contributed by atoms with van der Waals surface area (Å²) in [7, 11) is 0. The molecule has 0 aliphatic carbocycles. The Morgan fingerprint density at radius 1 is 1.64 bits per heavy atom. The van der Waals surface area contributed by atoms with E-state index >= 15 is 0 Å². The van der Waals surface area contributed by atoms with Gasteiger partial charge in [-0.3, -0.25) is 0 Å². The highest BCUT2D eigenvalue weighted by Crippen LogP contribution is 2.02. The minimum atomic E-state index is -0.447. The molecule has 11 heavy (non-hydrogen) atoms. The van der Waals surface area contributed by atoms with Gasteiger partial charge in [0.05, 0.1) is 6.10 Å². The van der Waals surface area contributed by atoms with Crippen LogP contribution in [-0.4, -0.2) is 22.8 Å². The first-order valence-corrected chi connectivity index (χ1v) is 3.51. The molecule has 0 saturated carbocycles. The van der Waals surface area contributed by atoms with E-state index in [-0.39, 0.29) is 6.61 Å². The molecular weight excluding hydrogens is 142 g/mol. The molecule has 0 aromatic carbocycles. The van der Waals surface area contributed by atoms with Crippen molar-refractivity contribution >= 4 is 0 Å². The summed E-state index contributed by atoms with van der Waals surface area (Å²) in [4.78, 5) is 3.92. The van der Waals surface area contributed by atoms with Crippen molar-refractivity contribution in [3.63, 3.8) is 0 Å². The van der Waals surface area contributed by atoms with Gasteiger partial charge in [-0.25, -0.2) is 4.98 Å². The summed E-state index contributed by atoms with van der Waals surface area (Å²) in [6.45, 7) is 1.96. The van der Waals surface area contributed by atoms with Crippen molar-refractivity contribution in [2.24, 2.45) is 0 Å². The van der Waals surface area contributed by atoms with Gasteiger partial charge in [-0.15, -0.1) is 0 Å².